The third kappa shape index (κ3) is 2.61. The Hall–Kier alpha value is -1.25. The summed E-state index contributed by atoms with van der Waals surface area (Å²) in [6, 6.07) is 3.45. The van der Waals surface area contributed by atoms with Gasteiger partial charge in [0.15, 0.2) is 0 Å². The van der Waals surface area contributed by atoms with Crippen molar-refractivity contribution in [1.82, 2.24) is 4.57 Å². The second-order valence-corrected chi connectivity index (χ2v) is 3.17. The number of anilines is 1. The quantitative estimate of drug-likeness (QED) is 0.716. The molecule has 0 fully saturated rings. The van der Waals surface area contributed by atoms with E-state index in [0.29, 0.717) is 5.69 Å². The zero-order valence-electron chi connectivity index (χ0n) is 7.99. The van der Waals surface area contributed by atoms with Crippen molar-refractivity contribution >= 4 is 5.69 Å². The van der Waals surface area contributed by atoms with Crippen LogP contribution in [0.25, 0.3) is 0 Å². The summed E-state index contributed by atoms with van der Waals surface area (Å²) in [6.07, 6.45) is 5.15. The Bertz CT molecular complexity index is 317. The molecule has 0 bridgehead atoms. The minimum Gasteiger partial charge on any atom is -0.394 e. The van der Waals surface area contributed by atoms with E-state index < -0.39 is 0 Å². The van der Waals surface area contributed by atoms with Crippen LogP contribution in [0.5, 0.6) is 0 Å². The van der Waals surface area contributed by atoms with E-state index in [0.717, 1.165) is 25.8 Å². The van der Waals surface area contributed by atoms with E-state index in [9.17, 15) is 4.79 Å². The monoisotopic (exact) mass is 180 g/mol. The maximum atomic E-state index is 11.4. The summed E-state index contributed by atoms with van der Waals surface area (Å²) in [5.41, 5.74) is 5.75. The van der Waals surface area contributed by atoms with Crippen molar-refractivity contribution in [2.45, 2.75) is 32.7 Å². The van der Waals surface area contributed by atoms with Gasteiger partial charge in [0, 0.05) is 12.7 Å². The maximum Gasteiger partial charge on any atom is 0.273 e. The van der Waals surface area contributed by atoms with E-state index in [1.165, 1.54) is 0 Å². The Labute approximate surface area is 78.2 Å². The number of aryl methyl sites for hydroxylation is 1. The van der Waals surface area contributed by atoms with Crippen LogP contribution >= 0.6 is 0 Å². The largest absolute Gasteiger partial charge is 0.394 e. The predicted octanol–water partition coefficient (Wildman–Crippen LogP) is 1.62. The number of nitrogens with two attached hydrogens (primary N) is 1. The first-order valence-electron chi connectivity index (χ1n) is 4.70. The summed E-state index contributed by atoms with van der Waals surface area (Å²) in [4.78, 5) is 11.4. The average Bonchev–Trinajstić information content (AvgIpc) is 2.13. The predicted molar refractivity (Wildman–Crippen MR) is 54.6 cm³/mol. The second-order valence-electron chi connectivity index (χ2n) is 3.17. The molecule has 0 aliphatic carbocycles. The van der Waals surface area contributed by atoms with Gasteiger partial charge in [-0.3, -0.25) is 4.79 Å². The van der Waals surface area contributed by atoms with E-state index in [1.54, 1.807) is 16.8 Å². The molecular weight excluding hydrogens is 164 g/mol. The minimum atomic E-state index is -0.0707. The number of hydrogen-bond acceptors (Lipinski definition) is 2. The number of pyridine rings is 1. The lowest BCUT2D eigenvalue weighted by Gasteiger charge is -2.04. The molecule has 0 aliphatic heterocycles. The van der Waals surface area contributed by atoms with Crippen molar-refractivity contribution < 1.29 is 0 Å². The number of unbranched alkanes of at least 4 members (excludes halogenated alkanes) is 2. The normalized spacial score (nSPS) is 10.2. The minimum absolute atomic E-state index is 0.0707. The molecule has 3 nitrogen and oxygen atoms in total. The van der Waals surface area contributed by atoms with Crippen LogP contribution in [0, 0.1) is 0 Å². The number of nitrogens with zero attached hydrogens (tertiary/aromatic N) is 1. The van der Waals surface area contributed by atoms with Crippen molar-refractivity contribution in [3.8, 4) is 0 Å². The topological polar surface area (TPSA) is 48.0 Å². The zero-order valence-corrected chi connectivity index (χ0v) is 7.99. The van der Waals surface area contributed by atoms with Gasteiger partial charge in [0.2, 0.25) is 0 Å². The van der Waals surface area contributed by atoms with Crippen LogP contribution in [-0.2, 0) is 6.54 Å². The lowest BCUT2D eigenvalue weighted by molar-refractivity contribution is 0.589. The van der Waals surface area contributed by atoms with Crippen LogP contribution in [0.2, 0.25) is 0 Å². The van der Waals surface area contributed by atoms with Gasteiger partial charge >= 0.3 is 0 Å². The van der Waals surface area contributed by atoms with Crippen LogP contribution in [-0.4, -0.2) is 4.57 Å². The van der Waals surface area contributed by atoms with Gasteiger partial charge in [-0.15, -0.1) is 0 Å². The van der Waals surface area contributed by atoms with E-state index in [2.05, 4.69) is 6.92 Å². The molecule has 1 rings (SSSR count). The van der Waals surface area contributed by atoms with Gasteiger partial charge < -0.3 is 10.3 Å². The second kappa shape index (κ2) is 4.70. The van der Waals surface area contributed by atoms with Crippen LogP contribution in [0.3, 0.4) is 0 Å². The summed E-state index contributed by atoms with van der Waals surface area (Å²) < 4.78 is 1.67. The van der Waals surface area contributed by atoms with Crippen molar-refractivity contribution in [1.29, 1.82) is 0 Å². The summed E-state index contributed by atoms with van der Waals surface area (Å²) >= 11 is 0. The van der Waals surface area contributed by atoms with E-state index in [4.69, 9.17) is 5.73 Å². The highest BCUT2D eigenvalue weighted by Gasteiger charge is 1.97. The smallest absolute Gasteiger partial charge is 0.273 e. The number of rotatable bonds is 4. The highest BCUT2D eigenvalue weighted by molar-refractivity contribution is 5.33. The molecule has 0 aromatic carbocycles. The Morgan fingerprint density at radius 1 is 1.46 bits per heavy atom. The summed E-state index contributed by atoms with van der Waals surface area (Å²) in [5, 5.41) is 0. The molecule has 1 aromatic heterocycles. The SMILES string of the molecule is CCCCCn1cccc(N)c1=O. The first-order valence-corrected chi connectivity index (χ1v) is 4.70. The summed E-state index contributed by atoms with van der Waals surface area (Å²) in [5.74, 6) is 0. The Kier molecular flexibility index (Phi) is 3.55. The summed E-state index contributed by atoms with van der Waals surface area (Å²) in [7, 11) is 0. The third-order valence-electron chi connectivity index (χ3n) is 2.05. The van der Waals surface area contributed by atoms with Gasteiger partial charge in [-0.05, 0) is 18.6 Å². The van der Waals surface area contributed by atoms with Gasteiger partial charge in [0.25, 0.3) is 5.56 Å². The molecule has 0 saturated carbocycles. The molecule has 0 saturated heterocycles. The highest BCUT2D eigenvalue weighted by Crippen LogP contribution is 1.98. The first kappa shape index (κ1) is 9.84. The van der Waals surface area contributed by atoms with Crippen LogP contribution in [0.4, 0.5) is 5.69 Å². The highest BCUT2D eigenvalue weighted by atomic mass is 16.1. The molecular formula is C10H16N2O. The Balaban J connectivity index is 2.67. The summed E-state index contributed by atoms with van der Waals surface area (Å²) in [6.45, 7) is 2.92. The van der Waals surface area contributed by atoms with Crippen molar-refractivity contribution in [2.24, 2.45) is 0 Å². The van der Waals surface area contributed by atoms with Gasteiger partial charge in [-0.25, -0.2) is 0 Å². The standard InChI is InChI=1S/C10H16N2O/c1-2-3-4-7-12-8-5-6-9(11)10(12)13/h5-6,8H,2-4,7,11H2,1H3. The van der Waals surface area contributed by atoms with Gasteiger partial charge in [0.1, 0.15) is 0 Å². The number of nitrogen functional groups attached to an aromatic ring is 1. The molecule has 0 amide bonds. The molecule has 0 atom stereocenters. The van der Waals surface area contributed by atoms with E-state index >= 15 is 0 Å². The first-order chi connectivity index (χ1) is 6.25. The fraction of sp³-hybridized carbons (Fsp3) is 0.500. The lowest BCUT2D eigenvalue weighted by Crippen LogP contribution is -2.21. The van der Waals surface area contributed by atoms with E-state index in [-0.39, 0.29) is 5.56 Å². The fourth-order valence-corrected chi connectivity index (χ4v) is 1.26. The third-order valence-corrected chi connectivity index (χ3v) is 2.05. The molecule has 2 N–H and O–H groups in total. The molecule has 0 unspecified atom stereocenters. The van der Waals surface area contributed by atoms with Gasteiger partial charge in [-0.2, -0.15) is 0 Å². The zero-order chi connectivity index (χ0) is 9.68. The average molecular weight is 180 g/mol. The van der Waals surface area contributed by atoms with Crippen LogP contribution < -0.4 is 11.3 Å². The maximum absolute atomic E-state index is 11.4. The molecule has 0 radical (unpaired) electrons. The molecule has 13 heavy (non-hydrogen) atoms. The molecule has 72 valence electrons. The molecule has 0 aliphatic rings. The fourth-order valence-electron chi connectivity index (χ4n) is 1.26. The van der Waals surface area contributed by atoms with Crippen molar-refractivity contribution in [3.05, 3.63) is 28.7 Å². The molecule has 3 heteroatoms. The Morgan fingerprint density at radius 3 is 2.92 bits per heavy atom. The van der Waals surface area contributed by atoms with E-state index in [1.807, 2.05) is 6.07 Å². The lowest BCUT2D eigenvalue weighted by atomic mass is 10.2. The van der Waals surface area contributed by atoms with Crippen molar-refractivity contribution in [2.75, 3.05) is 5.73 Å². The van der Waals surface area contributed by atoms with Crippen LogP contribution in [0.15, 0.2) is 23.1 Å². The molecule has 1 aromatic rings. The van der Waals surface area contributed by atoms with Crippen molar-refractivity contribution in [3.63, 3.8) is 0 Å². The van der Waals surface area contributed by atoms with Crippen LogP contribution in [0.1, 0.15) is 26.2 Å². The molecule has 1 heterocycles. The van der Waals surface area contributed by atoms with Gasteiger partial charge in [0.05, 0.1) is 5.69 Å². The number of aromatic nitrogens is 1. The Morgan fingerprint density at radius 2 is 2.23 bits per heavy atom. The van der Waals surface area contributed by atoms with Gasteiger partial charge in [-0.1, -0.05) is 19.8 Å². The number of hydrogen-bond donors (Lipinski definition) is 1. The molecule has 0 spiro atoms.